The molecule has 1 aliphatic heterocycles. The number of carbonyl (C=O) groups is 2. The fourth-order valence-electron chi connectivity index (χ4n) is 4.45. The van der Waals surface area contributed by atoms with Crippen molar-refractivity contribution in [1.29, 1.82) is 0 Å². The van der Waals surface area contributed by atoms with Gasteiger partial charge in [0, 0.05) is 38.0 Å². The van der Waals surface area contributed by atoms with Crippen molar-refractivity contribution in [2.45, 2.75) is 51.6 Å². The van der Waals surface area contributed by atoms with Crippen molar-refractivity contribution < 1.29 is 9.59 Å². The third-order valence-corrected chi connectivity index (χ3v) is 5.90. The number of nitrogens with zero attached hydrogens (tertiary/aromatic N) is 2. The quantitative estimate of drug-likeness (QED) is 0.837. The monoisotopic (exact) mass is 371 g/mol. The lowest BCUT2D eigenvalue weighted by Crippen LogP contribution is -2.44. The Kier molecular flexibility index (Phi) is 6.89. The van der Waals surface area contributed by atoms with Crippen LogP contribution in [0.2, 0.25) is 0 Å². The summed E-state index contributed by atoms with van der Waals surface area (Å²) in [6.07, 6.45) is 5.97. The molecule has 2 aliphatic rings. The Morgan fingerprint density at radius 1 is 1.00 bits per heavy atom. The highest BCUT2D eigenvalue weighted by atomic mass is 16.2. The number of rotatable bonds is 6. The largest absolute Gasteiger partial charge is 0.352 e. The average molecular weight is 372 g/mol. The fourth-order valence-corrected chi connectivity index (χ4v) is 4.45. The Labute approximate surface area is 163 Å². The molecule has 0 radical (unpaired) electrons. The minimum absolute atomic E-state index is 0.0481. The van der Waals surface area contributed by atoms with Gasteiger partial charge in [-0.05, 0) is 50.9 Å². The van der Waals surface area contributed by atoms with Crippen LogP contribution in [0.15, 0.2) is 24.3 Å². The zero-order valence-electron chi connectivity index (χ0n) is 16.7. The molecule has 1 aromatic rings. The second kappa shape index (κ2) is 9.36. The number of amides is 2. The molecule has 1 aromatic carbocycles. The summed E-state index contributed by atoms with van der Waals surface area (Å²) in [5.41, 5.74) is 2.38. The third kappa shape index (κ3) is 5.10. The van der Waals surface area contributed by atoms with Crippen molar-refractivity contribution in [3.05, 3.63) is 35.4 Å². The molecular weight excluding hydrogens is 338 g/mol. The smallest absolute Gasteiger partial charge is 0.226 e. The Hall–Kier alpha value is -1.88. The van der Waals surface area contributed by atoms with Crippen LogP contribution >= 0.6 is 0 Å². The summed E-state index contributed by atoms with van der Waals surface area (Å²) >= 11 is 0. The normalized spacial score (nSPS) is 22.9. The second-order valence-electron chi connectivity index (χ2n) is 8.25. The van der Waals surface area contributed by atoms with E-state index in [0.717, 1.165) is 63.7 Å². The lowest BCUT2D eigenvalue weighted by Gasteiger charge is -2.32. The summed E-state index contributed by atoms with van der Waals surface area (Å²) in [6, 6.07) is 8.24. The van der Waals surface area contributed by atoms with Crippen LogP contribution < -0.4 is 5.32 Å². The van der Waals surface area contributed by atoms with Crippen molar-refractivity contribution in [1.82, 2.24) is 15.1 Å². The predicted molar refractivity (Wildman–Crippen MR) is 107 cm³/mol. The summed E-state index contributed by atoms with van der Waals surface area (Å²) in [4.78, 5) is 30.0. The molecule has 2 fully saturated rings. The van der Waals surface area contributed by atoms with Crippen molar-refractivity contribution in [2.24, 2.45) is 11.8 Å². The molecule has 1 saturated carbocycles. The summed E-state index contributed by atoms with van der Waals surface area (Å²) in [7, 11) is 4.10. The van der Waals surface area contributed by atoms with E-state index < -0.39 is 0 Å². The van der Waals surface area contributed by atoms with Gasteiger partial charge in [0.1, 0.15) is 0 Å². The Morgan fingerprint density at radius 2 is 1.63 bits per heavy atom. The van der Waals surface area contributed by atoms with E-state index in [-0.39, 0.29) is 23.7 Å². The van der Waals surface area contributed by atoms with Gasteiger partial charge in [-0.2, -0.15) is 0 Å². The maximum atomic E-state index is 12.9. The van der Waals surface area contributed by atoms with Crippen molar-refractivity contribution in [2.75, 3.05) is 27.2 Å². The molecular formula is C22H33N3O2. The zero-order valence-corrected chi connectivity index (χ0v) is 16.7. The van der Waals surface area contributed by atoms with Gasteiger partial charge in [-0.3, -0.25) is 9.59 Å². The molecule has 1 aliphatic carbocycles. The van der Waals surface area contributed by atoms with Gasteiger partial charge in [0.25, 0.3) is 0 Å². The van der Waals surface area contributed by atoms with Crippen LogP contribution in [-0.4, -0.2) is 48.8 Å². The molecule has 27 heavy (non-hydrogen) atoms. The van der Waals surface area contributed by atoms with Crippen molar-refractivity contribution in [3.63, 3.8) is 0 Å². The highest BCUT2D eigenvalue weighted by Crippen LogP contribution is 2.32. The first-order valence-corrected chi connectivity index (χ1v) is 10.3. The first-order chi connectivity index (χ1) is 13.1. The molecule has 2 amide bonds. The fraction of sp³-hybridized carbons (Fsp3) is 0.636. The van der Waals surface area contributed by atoms with Crippen LogP contribution in [-0.2, 0) is 22.7 Å². The van der Waals surface area contributed by atoms with Gasteiger partial charge in [-0.25, -0.2) is 0 Å². The number of nitrogens with one attached hydrogen (secondary N) is 1. The van der Waals surface area contributed by atoms with E-state index in [1.54, 1.807) is 0 Å². The SMILES string of the molecule is CN(C)Cc1ccccc1CNC(=O)[C@H]1CCCC[C@H]1C(=O)N1CCCC1. The minimum Gasteiger partial charge on any atom is -0.352 e. The Balaban J connectivity index is 1.63. The molecule has 0 unspecified atom stereocenters. The van der Waals surface area contributed by atoms with Gasteiger partial charge in [0.2, 0.25) is 11.8 Å². The Bertz CT molecular complexity index is 653. The first-order valence-electron chi connectivity index (χ1n) is 10.3. The van der Waals surface area contributed by atoms with E-state index in [2.05, 4.69) is 22.3 Å². The van der Waals surface area contributed by atoms with E-state index in [1.807, 2.05) is 31.1 Å². The van der Waals surface area contributed by atoms with Crippen LogP contribution in [0.5, 0.6) is 0 Å². The number of benzene rings is 1. The molecule has 1 saturated heterocycles. The van der Waals surface area contributed by atoms with Gasteiger partial charge in [-0.15, -0.1) is 0 Å². The summed E-state index contributed by atoms with van der Waals surface area (Å²) < 4.78 is 0. The number of likely N-dealkylation sites (tertiary alicyclic amines) is 1. The standard InChI is InChI=1S/C22H33N3O2/c1-24(2)16-18-10-4-3-9-17(18)15-23-21(26)19-11-5-6-12-20(19)22(27)25-13-7-8-14-25/h3-4,9-10,19-20H,5-8,11-16H2,1-2H3,(H,23,26)/t19-,20+/m0/s1. The molecule has 0 bridgehead atoms. The number of carbonyl (C=O) groups excluding carboxylic acids is 2. The van der Waals surface area contributed by atoms with Crippen LogP contribution in [0.3, 0.4) is 0 Å². The molecule has 5 heteroatoms. The van der Waals surface area contributed by atoms with Gasteiger partial charge in [0.15, 0.2) is 0 Å². The number of hydrogen-bond acceptors (Lipinski definition) is 3. The van der Waals surface area contributed by atoms with Crippen LogP contribution in [0.4, 0.5) is 0 Å². The van der Waals surface area contributed by atoms with Crippen molar-refractivity contribution >= 4 is 11.8 Å². The summed E-state index contributed by atoms with van der Waals surface area (Å²) in [5.74, 6) is -0.0472. The highest BCUT2D eigenvalue weighted by molar-refractivity contribution is 5.88. The van der Waals surface area contributed by atoms with E-state index in [4.69, 9.17) is 0 Å². The molecule has 1 heterocycles. The maximum Gasteiger partial charge on any atom is 0.226 e. The van der Waals surface area contributed by atoms with Crippen LogP contribution in [0.1, 0.15) is 49.7 Å². The molecule has 0 aromatic heterocycles. The van der Waals surface area contributed by atoms with Crippen molar-refractivity contribution in [3.8, 4) is 0 Å². The lowest BCUT2D eigenvalue weighted by molar-refractivity contribution is -0.142. The van der Waals surface area contributed by atoms with E-state index in [0.29, 0.717) is 6.54 Å². The maximum absolute atomic E-state index is 12.9. The summed E-state index contributed by atoms with van der Waals surface area (Å²) in [6.45, 7) is 3.11. The van der Waals surface area contributed by atoms with Gasteiger partial charge in [-0.1, -0.05) is 37.1 Å². The van der Waals surface area contributed by atoms with Gasteiger partial charge >= 0.3 is 0 Å². The minimum atomic E-state index is -0.173. The third-order valence-electron chi connectivity index (χ3n) is 5.90. The summed E-state index contributed by atoms with van der Waals surface area (Å²) in [5, 5.41) is 3.13. The molecule has 2 atom stereocenters. The van der Waals surface area contributed by atoms with E-state index in [1.165, 1.54) is 5.56 Å². The van der Waals surface area contributed by atoms with Gasteiger partial charge in [0.05, 0.1) is 0 Å². The average Bonchev–Trinajstić information content (AvgIpc) is 3.21. The molecule has 0 spiro atoms. The number of hydrogen-bond donors (Lipinski definition) is 1. The molecule has 3 rings (SSSR count). The van der Waals surface area contributed by atoms with E-state index in [9.17, 15) is 9.59 Å². The molecule has 5 nitrogen and oxygen atoms in total. The lowest BCUT2D eigenvalue weighted by atomic mass is 9.77. The highest BCUT2D eigenvalue weighted by Gasteiger charge is 2.38. The van der Waals surface area contributed by atoms with Gasteiger partial charge < -0.3 is 15.1 Å². The first kappa shape index (κ1) is 19.9. The topological polar surface area (TPSA) is 52.7 Å². The second-order valence-corrected chi connectivity index (χ2v) is 8.25. The zero-order chi connectivity index (χ0) is 19.2. The Morgan fingerprint density at radius 3 is 2.30 bits per heavy atom. The molecule has 1 N–H and O–H groups in total. The van der Waals surface area contributed by atoms with Crippen LogP contribution in [0.25, 0.3) is 0 Å². The van der Waals surface area contributed by atoms with E-state index >= 15 is 0 Å². The van der Waals surface area contributed by atoms with Crippen LogP contribution in [0, 0.1) is 11.8 Å². The molecule has 148 valence electrons. The predicted octanol–water partition coefficient (Wildman–Crippen LogP) is 2.79.